The number of rotatable bonds is 7. The van der Waals surface area contributed by atoms with E-state index in [0.717, 1.165) is 15.4 Å². The first kappa shape index (κ1) is 21.5. The fourth-order valence-corrected chi connectivity index (χ4v) is 3.61. The zero-order chi connectivity index (χ0) is 20.6. The predicted molar refractivity (Wildman–Crippen MR) is 120 cm³/mol. The maximum atomic E-state index is 11.8. The van der Waals surface area contributed by atoms with E-state index < -0.39 is 5.91 Å². The quantitative estimate of drug-likeness (QED) is 0.328. The lowest BCUT2D eigenvalue weighted by Crippen LogP contribution is -2.24. The van der Waals surface area contributed by atoms with Crippen LogP contribution in [0.15, 0.2) is 81.6 Å². The van der Waals surface area contributed by atoms with Gasteiger partial charge in [0.25, 0.3) is 5.91 Å². The topological polar surface area (TPSA) is 50.7 Å². The Morgan fingerprint density at radius 2 is 1.55 bits per heavy atom. The van der Waals surface area contributed by atoms with Crippen LogP contribution in [0.2, 0.25) is 15.1 Å². The van der Waals surface area contributed by atoms with Crippen LogP contribution >= 0.6 is 46.6 Å². The van der Waals surface area contributed by atoms with Gasteiger partial charge in [0, 0.05) is 19.8 Å². The number of halogens is 3. The van der Waals surface area contributed by atoms with Crippen molar-refractivity contribution in [3.05, 3.63) is 87.4 Å². The Morgan fingerprint density at radius 3 is 2.21 bits per heavy atom. The maximum Gasteiger partial charge on any atom is 0.277 e. The van der Waals surface area contributed by atoms with Gasteiger partial charge in [-0.05, 0) is 60.2 Å². The third kappa shape index (κ3) is 6.98. The summed E-state index contributed by atoms with van der Waals surface area (Å²) in [6.07, 6.45) is 1.56. The number of carbonyl (C=O) groups is 1. The minimum atomic E-state index is -0.401. The van der Waals surface area contributed by atoms with Crippen LogP contribution in [-0.4, -0.2) is 18.7 Å². The average molecular weight is 466 g/mol. The Hall–Kier alpha value is -2.18. The van der Waals surface area contributed by atoms with Gasteiger partial charge >= 0.3 is 0 Å². The summed E-state index contributed by atoms with van der Waals surface area (Å²) in [5.74, 6) is -0.0221. The molecule has 148 valence electrons. The Balaban J connectivity index is 1.47. The lowest BCUT2D eigenvalue weighted by atomic mass is 10.2. The molecule has 1 N–H and O–H groups in total. The fraction of sp³-hybridized carbons (Fsp3) is 0.0476. The molecule has 0 aliphatic heterocycles. The largest absolute Gasteiger partial charge is 0.482 e. The molecular formula is C21H15Cl3N2O2S. The molecule has 0 aromatic heterocycles. The summed E-state index contributed by atoms with van der Waals surface area (Å²) in [6, 6.07) is 20.2. The molecule has 0 heterocycles. The molecule has 3 aromatic carbocycles. The second-order valence-corrected chi connectivity index (χ2v) is 8.21. The number of hydrogen-bond donors (Lipinski definition) is 1. The highest BCUT2D eigenvalue weighted by Crippen LogP contribution is 2.29. The molecule has 3 rings (SSSR count). The normalized spacial score (nSPS) is 10.9. The number of carbonyl (C=O) groups excluding carboxylic acids is 1. The SMILES string of the molecule is O=C(COc1ccc(Cl)cc1Cl)N/N=C/c1ccc(Sc2ccc(Cl)cc2)cc1. The van der Waals surface area contributed by atoms with Crippen LogP contribution in [0.3, 0.4) is 0 Å². The van der Waals surface area contributed by atoms with Gasteiger partial charge in [0.1, 0.15) is 5.75 Å². The predicted octanol–water partition coefficient (Wildman–Crippen LogP) is 6.33. The number of ether oxygens (including phenoxy) is 1. The van der Waals surface area contributed by atoms with E-state index in [4.69, 9.17) is 39.5 Å². The molecule has 0 saturated heterocycles. The minimum Gasteiger partial charge on any atom is -0.482 e. The first-order valence-electron chi connectivity index (χ1n) is 8.43. The zero-order valence-electron chi connectivity index (χ0n) is 14.9. The highest BCUT2D eigenvalue weighted by molar-refractivity contribution is 7.99. The van der Waals surface area contributed by atoms with E-state index in [2.05, 4.69) is 10.5 Å². The zero-order valence-corrected chi connectivity index (χ0v) is 18.0. The van der Waals surface area contributed by atoms with E-state index in [1.807, 2.05) is 48.5 Å². The summed E-state index contributed by atoms with van der Waals surface area (Å²) >= 11 is 19.3. The molecule has 0 unspecified atom stereocenters. The van der Waals surface area contributed by atoms with Gasteiger partial charge in [-0.2, -0.15) is 5.10 Å². The molecule has 0 fully saturated rings. The van der Waals surface area contributed by atoms with Crippen LogP contribution < -0.4 is 10.2 Å². The lowest BCUT2D eigenvalue weighted by molar-refractivity contribution is -0.123. The molecule has 3 aromatic rings. The molecule has 0 atom stereocenters. The second kappa shape index (κ2) is 10.6. The number of nitrogens with one attached hydrogen (secondary N) is 1. The average Bonchev–Trinajstić information content (AvgIpc) is 2.70. The van der Waals surface area contributed by atoms with E-state index in [1.165, 1.54) is 0 Å². The highest BCUT2D eigenvalue weighted by atomic mass is 35.5. The number of hydrogen-bond acceptors (Lipinski definition) is 4. The van der Waals surface area contributed by atoms with Gasteiger partial charge in [0.15, 0.2) is 6.61 Å². The Labute approximate surface area is 187 Å². The van der Waals surface area contributed by atoms with Crippen LogP contribution in [0.5, 0.6) is 5.75 Å². The van der Waals surface area contributed by atoms with E-state index in [1.54, 1.807) is 36.2 Å². The molecule has 0 bridgehead atoms. The van der Waals surface area contributed by atoms with Gasteiger partial charge in [-0.1, -0.05) is 58.7 Å². The second-order valence-electron chi connectivity index (χ2n) is 5.78. The molecule has 0 aliphatic carbocycles. The van der Waals surface area contributed by atoms with Crippen molar-refractivity contribution < 1.29 is 9.53 Å². The summed E-state index contributed by atoms with van der Waals surface area (Å²) in [5.41, 5.74) is 3.26. The number of amides is 1. The van der Waals surface area contributed by atoms with Crippen molar-refractivity contribution >= 4 is 58.7 Å². The third-order valence-electron chi connectivity index (χ3n) is 3.59. The molecule has 8 heteroatoms. The van der Waals surface area contributed by atoms with Crippen molar-refractivity contribution in [1.82, 2.24) is 5.43 Å². The van der Waals surface area contributed by atoms with Crippen molar-refractivity contribution in [2.24, 2.45) is 5.10 Å². The van der Waals surface area contributed by atoms with Crippen LogP contribution in [0.1, 0.15) is 5.56 Å². The Kier molecular flexibility index (Phi) is 7.83. The maximum absolute atomic E-state index is 11.8. The summed E-state index contributed by atoms with van der Waals surface area (Å²) in [4.78, 5) is 14.0. The van der Waals surface area contributed by atoms with Gasteiger partial charge < -0.3 is 4.74 Å². The van der Waals surface area contributed by atoms with Crippen molar-refractivity contribution in [2.45, 2.75) is 9.79 Å². The molecule has 0 radical (unpaired) electrons. The first-order chi connectivity index (χ1) is 14.0. The van der Waals surface area contributed by atoms with E-state index in [9.17, 15) is 4.79 Å². The molecular weight excluding hydrogens is 451 g/mol. The minimum absolute atomic E-state index is 0.213. The number of nitrogens with zero attached hydrogens (tertiary/aromatic N) is 1. The van der Waals surface area contributed by atoms with Gasteiger partial charge in [0.05, 0.1) is 11.2 Å². The first-order valence-corrected chi connectivity index (χ1v) is 10.4. The van der Waals surface area contributed by atoms with Crippen molar-refractivity contribution in [3.63, 3.8) is 0 Å². The smallest absolute Gasteiger partial charge is 0.277 e. The summed E-state index contributed by atoms with van der Waals surface area (Å²) < 4.78 is 5.35. The van der Waals surface area contributed by atoms with Crippen LogP contribution in [-0.2, 0) is 4.79 Å². The molecule has 0 spiro atoms. The van der Waals surface area contributed by atoms with Crippen molar-refractivity contribution in [3.8, 4) is 5.75 Å². The summed E-state index contributed by atoms with van der Waals surface area (Å²) in [7, 11) is 0. The number of benzene rings is 3. The Morgan fingerprint density at radius 1 is 0.931 bits per heavy atom. The highest BCUT2D eigenvalue weighted by Gasteiger charge is 2.06. The molecule has 1 amide bonds. The Bertz CT molecular complexity index is 1010. The van der Waals surface area contributed by atoms with E-state index in [0.29, 0.717) is 20.8 Å². The van der Waals surface area contributed by atoms with Gasteiger partial charge in [-0.3, -0.25) is 4.79 Å². The van der Waals surface area contributed by atoms with Crippen molar-refractivity contribution in [2.75, 3.05) is 6.61 Å². The monoisotopic (exact) mass is 464 g/mol. The van der Waals surface area contributed by atoms with Crippen LogP contribution in [0, 0.1) is 0 Å². The summed E-state index contributed by atoms with van der Waals surface area (Å²) in [6.45, 7) is -0.213. The number of hydrazone groups is 1. The molecule has 0 saturated carbocycles. The van der Waals surface area contributed by atoms with Gasteiger partial charge in [-0.25, -0.2) is 5.43 Å². The standard InChI is InChI=1S/C21H15Cl3N2O2S/c22-15-3-8-18(9-4-15)29-17-6-1-14(2-7-17)12-25-26-21(27)13-28-20-10-5-16(23)11-19(20)24/h1-12H,13H2,(H,26,27)/b25-12+. The molecule has 0 aliphatic rings. The van der Waals surface area contributed by atoms with E-state index in [-0.39, 0.29) is 6.61 Å². The van der Waals surface area contributed by atoms with Crippen LogP contribution in [0.4, 0.5) is 0 Å². The van der Waals surface area contributed by atoms with Gasteiger partial charge in [-0.15, -0.1) is 0 Å². The van der Waals surface area contributed by atoms with E-state index >= 15 is 0 Å². The van der Waals surface area contributed by atoms with Crippen molar-refractivity contribution in [1.29, 1.82) is 0 Å². The third-order valence-corrected chi connectivity index (χ3v) is 5.38. The fourth-order valence-electron chi connectivity index (χ4n) is 2.21. The lowest BCUT2D eigenvalue weighted by Gasteiger charge is -2.07. The molecule has 29 heavy (non-hydrogen) atoms. The summed E-state index contributed by atoms with van der Waals surface area (Å²) in [5, 5.41) is 5.48. The van der Waals surface area contributed by atoms with Crippen LogP contribution in [0.25, 0.3) is 0 Å². The van der Waals surface area contributed by atoms with Gasteiger partial charge in [0.2, 0.25) is 0 Å². The molecule has 4 nitrogen and oxygen atoms in total.